The summed E-state index contributed by atoms with van der Waals surface area (Å²) >= 11 is 1.52. The van der Waals surface area contributed by atoms with Gasteiger partial charge in [0, 0.05) is 24.7 Å². The van der Waals surface area contributed by atoms with Gasteiger partial charge in [0.1, 0.15) is 11.1 Å². The molecule has 2 heterocycles. The van der Waals surface area contributed by atoms with Crippen LogP contribution in [0.2, 0.25) is 0 Å². The molecular formula is C14H22N2O3S2. The molecule has 1 atom stereocenters. The molecule has 0 bridgehead atoms. The van der Waals surface area contributed by atoms with E-state index in [1.54, 1.807) is 10.5 Å². The van der Waals surface area contributed by atoms with Crippen molar-refractivity contribution in [1.29, 1.82) is 0 Å². The minimum atomic E-state index is -3.16. The number of morpholine rings is 1. The number of aromatic nitrogens is 1. The van der Waals surface area contributed by atoms with Crippen molar-refractivity contribution in [3.63, 3.8) is 0 Å². The highest BCUT2D eigenvalue weighted by Gasteiger charge is 2.31. The van der Waals surface area contributed by atoms with Gasteiger partial charge in [-0.3, -0.25) is 0 Å². The van der Waals surface area contributed by atoms with Crippen molar-refractivity contribution in [2.24, 2.45) is 5.92 Å². The fourth-order valence-electron chi connectivity index (χ4n) is 3.16. The Morgan fingerprint density at radius 1 is 1.38 bits per heavy atom. The largest absolute Gasteiger partial charge is 0.368 e. The first-order valence-electron chi connectivity index (χ1n) is 7.64. The molecule has 0 aromatic carbocycles. The van der Waals surface area contributed by atoms with Crippen molar-refractivity contribution in [2.45, 2.75) is 38.2 Å². The molecule has 2 aliphatic rings. The summed E-state index contributed by atoms with van der Waals surface area (Å²) in [4.78, 5) is 4.24. The van der Waals surface area contributed by atoms with E-state index in [0.29, 0.717) is 25.6 Å². The lowest BCUT2D eigenvalue weighted by atomic mass is 10.1. The Balaban J connectivity index is 1.58. The number of hydrogen-bond acceptors (Lipinski definition) is 5. The molecule has 2 fully saturated rings. The van der Waals surface area contributed by atoms with Crippen LogP contribution in [0, 0.1) is 5.92 Å². The van der Waals surface area contributed by atoms with Crippen LogP contribution in [0.5, 0.6) is 0 Å². The molecule has 1 saturated carbocycles. The van der Waals surface area contributed by atoms with E-state index in [4.69, 9.17) is 4.74 Å². The predicted octanol–water partition coefficient (Wildman–Crippen LogP) is 2.43. The van der Waals surface area contributed by atoms with Gasteiger partial charge in [-0.1, -0.05) is 25.7 Å². The maximum atomic E-state index is 12.5. The van der Waals surface area contributed by atoms with Gasteiger partial charge in [0.2, 0.25) is 10.0 Å². The third-order valence-corrected chi connectivity index (χ3v) is 7.15. The van der Waals surface area contributed by atoms with Crippen LogP contribution >= 0.6 is 11.3 Å². The molecule has 3 rings (SSSR count). The molecule has 1 saturated heterocycles. The van der Waals surface area contributed by atoms with Gasteiger partial charge in [-0.25, -0.2) is 13.4 Å². The zero-order valence-corrected chi connectivity index (χ0v) is 13.7. The topological polar surface area (TPSA) is 59.5 Å². The molecule has 0 unspecified atom stereocenters. The van der Waals surface area contributed by atoms with Gasteiger partial charge in [0.15, 0.2) is 0 Å². The number of rotatable bonds is 5. The summed E-state index contributed by atoms with van der Waals surface area (Å²) < 4.78 is 32.3. The van der Waals surface area contributed by atoms with E-state index in [9.17, 15) is 8.42 Å². The number of thiazole rings is 1. The van der Waals surface area contributed by atoms with E-state index in [0.717, 1.165) is 11.4 Å². The number of nitrogens with zero attached hydrogens (tertiary/aromatic N) is 2. The van der Waals surface area contributed by atoms with Crippen LogP contribution in [0.3, 0.4) is 0 Å². The standard InChI is InChI=1S/C14H22N2O3S2/c17-21(18,10-5-12-3-1-2-4-12)16-7-8-19-13(11-16)14-15-6-9-20-14/h6,9,12-13H,1-5,7-8,10-11H2/t13-/m0/s1. The molecule has 1 aliphatic heterocycles. The van der Waals surface area contributed by atoms with Gasteiger partial charge < -0.3 is 4.74 Å². The van der Waals surface area contributed by atoms with Crippen molar-refractivity contribution in [1.82, 2.24) is 9.29 Å². The summed E-state index contributed by atoms with van der Waals surface area (Å²) in [6.07, 6.45) is 7.24. The predicted molar refractivity (Wildman–Crippen MR) is 82.7 cm³/mol. The average Bonchev–Trinajstić information content (AvgIpc) is 3.19. The Labute approximate surface area is 130 Å². The lowest BCUT2D eigenvalue weighted by Crippen LogP contribution is -2.43. The van der Waals surface area contributed by atoms with Crippen LogP contribution in [0.15, 0.2) is 11.6 Å². The van der Waals surface area contributed by atoms with E-state index in [2.05, 4.69) is 4.98 Å². The Hall–Kier alpha value is -0.500. The van der Waals surface area contributed by atoms with Crippen LogP contribution in [0.4, 0.5) is 0 Å². The summed E-state index contributed by atoms with van der Waals surface area (Å²) in [7, 11) is -3.16. The third-order valence-electron chi connectivity index (χ3n) is 4.41. The van der Waals surface area contributed by atoms with Crippen molar-refractivity contribution < 1.29 is 13.2 Å². The minimum Gasteiger partial charge on any atom is -0.368 e. The fraction of sp³-hybridized carbons (Fsp3) is 0.786. The first-order chi connectivity index (χ1) is 10.1. The van der Waals surface area contributed by atoms with Crippen LogP contribution in [0.25, 0.3) is 0 Å². The molecule has 118 valence electrons. The maximum Gasteiger partial charge on any atom is 0.214 e. The van der Waals surface area contributed by atoms with E-state index in [1.165, 1.54) is 37.0 Å². The Morgan fingerprint density at radius 3 is 2.90 bits per heavy atom. The van der Waals surface area contributed by atoms with Crippen LogP contribution in [0.1, 0.15) is 43.2 Å². The maximum absolute atomic E-state index is 12.5. The second-order valence-corrected chi connectivity index (χ2v) is 8.86. The van der Waals surface area contributed by atoms with Crippen molar-refractivity contribution in [2.75, 3.05) is 25.4 Å². The van der Waals surface area contributed by atoms with E-state index in [-0.39, 0.29) is 11.9 Å². The zero-order valence-electron chi connectivity index (χ0n) is 12.1. The molecule has 0 N–H and O–H groups in total. The lowest BCUT2D eigenvalue weighted by Gasteiger charge is -2.31. The number of ether oxygens (including phenoxy) is 1. The van der Waals surface area contributed by atoms with Gasteiger partial charge in [0.05, 0.1) is 12.4 Å². The normalized spacial score (nSPS) is 25.4. The average molecular weight is 330 g/mol. The third kappa shape index (κ3) is 3.83. The Bertz CT molecular complexity index is 539. The van der Waals surface area contributed by atoms with Crippen molar-refractivity contribution in [3.8, 4) is 0 Å². The van der Waals surface area contributed by atoms with Gasteiger partial charge in [-0.2, -0.15) is 4.31 Å². The van der Waals surface area contributed by atoms with Gasteiger partial charge in [0.25, 0.3) is 0 Å². The fourth-order valence-corrected chi connectivity index (χ4v) is 5.45. The highest BCUT2D eigenvalue weighted by atomic mass is 32.2. The molecule has 0 radical (unpaired) electrons. The monoisotopic (exact) mass is 330 g/mol. The van der Waals surface area contributed by atoms with E-state index < -0.39 is 10.0 Å². The molecule has 0 amide bonds. The molecule has 1 aliphatic carbocycles. The van der Waals surface area contributed by atoms with Gasteiger partial charge in [-0.15, -0.1) is 11.3 Å². The molecule has 21 heavy (non-hydrogen) atoms. The second-order valence-electron chi connectivity index (χ2n) is 5.84. The van der Waals surface area contributed by atoms with Crippen LogP contribution in [-0.4, -0.2) is 43.2 Å². The quantitative estimate of drug-likeness (QED) is 0.832. The molecule has 1 aromatic rings. The molecular weight excluding hydrogens is 308 g/mol. The summed E-state index contributed by atoms with van der Waals surface area (Å²) in [5.41, 5.74) is 0. The Morgan fingerprint density at radius 2 is 2.19 bits per heavy atom. The minimum absolute atomic E-state index is 0.208. The summed E-state index contributed by atoms with van der Waals surface area (Å²) in [6.45, 7) is 1.32. The Kier molecular flexibility index (Phi) is 4.93. The SMILES string of the molecule is O=S(=O)(CCC1CCCC1)N1CCO[C@H](c2nccs2)C1. The summed E-state index contributed by atoms with van der Waals surface area (Å²) in [6, 6.07) is 0. The zero-order chi connectivity index (χ0) is 14.7. The summed E-state index contributed by atoms with van der Waals surface area (Å²) in [5, 5.41) is 2.76. The van der Waals surface area contributed by atoms with Gasteiger partial charge in [-0.05, 0) is 12.3 Å². The van der Waals surface area contributed by atoms with Crippen LogP contribution in [-0.2, 0) is 14.8 Å². The smallest absolute Gasteiger partial charge is 0.214 e. The molecule has 5 nitrogen and oxygen atoms in total. The highest BCUT2D eigenvalue weighted by Crippen LogP contribution is 2.29. The van der Waals surface area contributed by atoms with E-state index in [1.807, 2.05) is 5.38 Å². The second kappa shape index (κ2) is 6.73. The van der Waals surface area contributed by atoms with Gasteiger partial charge >= 0.3 is 0 Å². The van der Waals surface area contributed by atoms with Crippen LogP contribution < -0.4 is 0 Å². The first-order valence-corrected chi connectivity index (χ1v) is 10.1. The lowest BCUT2D eigenvalue weighted by molar-refractivity contribution is -0.00267. The number of sulfonamides is 1. The van der Waals surface area contributed by atoms with E-state index >= 15 is 0 Å². The molecule has 1 aromatic heterocycles. The number of hydrogen-bond donors (Lipinski definition) is 0. The highest BCUT2D eigenvalue weighted by molar-refractivity contribution is 7.89. The first kappa shape index (κ1) is 15.4. The van der Waals surface area contributed by atoms with Crippen molar-refractivity contribution in [3.05, 3.63) is 16.6 Å². The summed E-state index contributed by atoms with van der Waals surface area (Å²) in [5.74, 6) is 0.887. The molecule has 7 heteroatoms. The molecule has 0 spiro atoms. The van der Waals surface area contributed by atoms with Crippen molar-refractivity contribution >= 4 is 21.4 Å².